The van der Waals surface area contributed by atoms with Gasteiger partial charge in [-0.25, -0.2) is 31.3 Å². The standard InChI is InChI=1S/C23H32N6O4S.C22H30N6O4S.C22H19N3O4/c1-5-8-20-24-16(4)21-23(30)25-22(26-29(20)21)18-15-17(9-10-19(18)33-7-3)34(31,32)28-13-11-27(6-2)12-14-28;1-5-7-17-19-20(27(4)25-17)22(29)24-21(23-19)16-14-15(8-9-18(16)32-6-2)33(30,31)28-12-10-26(3)11-13-28;1-24-10-19(26)25-16(22(24)27)9-14-13-4-2-3-5-15(13)23-20(14)21(25)12-6-7-17-18(8-12)29-11-28-17/h9-10,15H,5-8,11-14H2,1-4H3,(H,25,26,30);8-9,14H,5-7,10-13H2,1-4H3,(H,23,24,29);2-8,16,21,23H,9-11H2,1H3/t;;16-,21-/m..1/s1. The normalized spacial score (nSPS) is 17.9. The molecule has 2 atom stereocenters. The fourth-order valence-corrected chi connectivity index (χ4v) is 16.1. The molecule has 3 fully saturated rings. The number of benzene rings is 4. The Kier molecular flexibility index (Phi) is 19.3. The quantitative estimate of drug-likeness (QED) is 0.102. The molecule has 29 heteroatoms. The van der Waals surface area contributed by atoms with Crippen LogP contribution in [0.25, 0.3) is 50.2 Å². The number of fused-ring (bicyclic) bond motifs is 7. The Balaban J connectivity index is 0.000000138. The lowest BCUT2D eigenvalue weighted by molar-refractivity contribution is -0.157. The van der Waals surface area contributed by atoms with Crippen LogP contribution in [0, 0.1) is 6.92 Å². The Bertz CT molecular complexity index is 4800. The summed E-state index contributed by atoms with van der Waals surface area (Å²) in [6, 6.07) is 22.4. The van der Waals surface area contributed by atoms with Crippen molar-refractivity contribution in [2.45, 2.75) is 95.5 Å². The molecular weight excluding hydrogens is 1270 g/mol. The predicted octanol–water partition coefficient (Wildman–Crippen LogP) is 5.89. The van der Waals surface area contributed by atoms with E-state index in [0.717, 1.165) is 52.8 Å². The molecule has 10 heterocycles. The van der Waals surface area contributed by atoms with E-state index in [9.17, 15) is 36.0 Å². The molecule has 0 aliphatic carbocycles. The second kappa shape index (κ2) is 27.6. The first-order valence-corrected chi connectivity index (χ1v) is 35.5. The summed E-state index contributed by atoms with van der Waals surface area (Å²) >= 11 is 0. The van der Waals surface area contributed by atoms with Crippen LogP contribution in [0.5, 0.6) is 23.0 Å². The summed E-state index contributed by atoms with van der Waals surface area (Å²) in [7, 11) is -2.02. The Morgan fingerprint density at radius 2 is 1.26 bits per heavy atom. The number of carbonyl (C=O) groups is 2. The average Bonchev–Trinajstić information content (AvgIpc) is 1.48. The number of aryl methyl sites for hydroxylation is 4. The van der Waals surface area contributed by atoms with Crippen LogP contribution in [-0.2, 0) is 55.9 Å². The van der Waals surface area contributed by atoms with Gasteiger partial charge in [-0.05, 0) is 113 Å². The van der Waals surface area contributed by atoms with E-state index in [1.54, 1.807) is 66.8 Å². The fourth-order valence-electron chi connectivity index (χ4n) is 13.2. The minimum absolute atomic E-state index is 0.0220. The molecule has 5 aromatic heterocycles. The minimum Gasteiger partial charge on any atom is -0.493 e. The van der Waals surface area contributed by atoms with Crippen molar-refractivity contribution < 1.29 is 45.4 Å². The van der Waals surface area contributed by atoms with Crippen LogP contribution in [0.1, 0.15) is 87.5 Å². The van der Waals surface area contributed by atoms with Gasteiger partial charge in [-0.2, -0.15) is 13.7 Å². The van der Waals surface area contributed by atoms with Gasteiger partial charge in [0.15, 0.2) is 28.4 Å². The zero-order valence-electron chi connectivity index (χ0n) is 55.5. The van der Waals surface area contributed by atoms with Gasteiger partial charge in [-0.1, -0.05) is 51.5 Å². The SMILES string of the molecule is CCCc1nc(C)c2c(=O)[nH]c(-c3cc(S(=O)(=O)N4CCN(CC)CC4)ccc3OCC)nn12.CCCc1nn(C)c2c(=O)[nH]c(-c3cc(S(=O)(=O)N4CCN(C)CC4)ccc3OCC)nc12.CN1CC(=O)N2[C@H](c3ccc4c(c3)OCO4)c3[nH]c4ccccc4c3C[C@@H]2C1=O. The first kappa shape index (κ1) is 67.0. The number of carbonyl (C=O) groups excluding carboxylic acids is 2. The summed E-state index contributed by atoms with van der Waals surface area (Å²) in [6.07, 6.45) is 3.57. The third-order valence-electron chi connectivity index (χ3n) is 18.2. The molecule has 508 valence electrons. The lowest BCUT2D eigenvalue weighted by Crippen LogP contribution is -2.62. The highest BCUT2D eigenvalue weighted by Gasteiger charge is 2.48. The minimum atomic E-state index is -3.71. The third-order valence-corrected chi connectivity index (χ3v) is 21.9. The molecule has 0 bridgehead atoms. The van der Waals surface area contributed by atoms with Crippen LogP contribution in [0.15, 0.2) is 98.2 Å². The molecule has 0 spiro atoms. The first-order chi connectivity index (χ1) is 46.2. The Morgan fingerprint density at radius 3 is 1.91 bits per heavy atom. The van der Waals surface area contributed by atoms with Gasteiger partial charge in [0.05, 0.1) is 58.1 Å². The van der Waals surface area contributed by atoms with Crippen molar-refractivity contribution in [3.05, 3.63) is 134 Å². The van der Waals surface area contributed by atoms with E-state index >= 15 is 0 Å². The molecular formula is C67H81N15O12S2. The van der Waals surface area contributed by atoms with Gasteiger partial charge in [-0.15, -0.1) is 5.10 Å². The van der Waals surface area contributed by atoms with Gasteiger partial charge >= 0.3 is 0 Å². The molecule has 14 rings (SSSR count). The number of hydrogen-bond acceptors (Lipinski definition) is 18. The molecule has 3 saturated heterocycles. The van der Waals surface area contributed by atoms with Crippen molar-refractivity contribution in [2.24, 2.45) is 7.05 Å². The number of rotatable bonds is 16. The van der Waals surface area contributed by atoms with E-state index in [1.165, 1.54) is 18.2 Å². The van der Waals surface area contributed by atoms with Crippen molar-refractivity contribution in [3.63, 3.8) is 0 Å². The molecule has 3 N–H and O–H groups in total. The average molecular weight is 1350 g/mol. The van der Waals surface area contributed by atoms with E-state index in [4.69, 9.17) is 23.9 Å². The second-order valence-corrected chi connectivity index (χ2v) is 28.3. The van der Waals surface area contributed by atoms with Gasteiger partial charge in [0.2, 0.25) is 38.7 Å². The second-order valence-electron chi connectivity index (χ2n) is 24.4. The number of H-pyrrole nitrogens is 3. The Hall–Kier alpha value is -9.00. The molecule has 96 heavy (non-hydrogen) atoms. The highest BCUT2D eigenvalue weighted by atomic mass is 32.2. The number of nitrogens with one attached hydrogen (secondary N) is 3. The summed E-state index contributed by atoms with van der Waals surface area (Å²) in [5, 5.41) is 10.2. The maximum absolute atomic E-state index is 13.4. The molecule has 0 radical (unpaired) electrons. The number of ether oxygens (including phenoxy) is 4. The monoisotopic (exact) mass is 1350 g/mol. The maximum atomic E-state index is 13.4. The van der Waals surface area contributed by atoms with Crippen molar-refractivity contribution in [2.75, 3.05) is 99.5 Å². The summed E-state index contributed by atoms with van der Waals surface area (Å²) in [6.45, 7) is 18.1. The third kappa shape index (κ3) is 12.7. The highest BCUT2D eigenvalue weighted by molar-refractivity contribution is 7.89. The zero-order chi connectivity index (χ0) is 67.9. The topological polar surface area (TPSA) is 301 Å². The number of piperazine rings is 3. The number of likely N-dealkylation sites (N-methyl/N-ethyl adjacent to an activating group) is 3. The number of sulfonamides is 2. The van der Waals surface area contributed by atoms with Crippen LogP contribution in [0.3, 0.4) is 0 Å². The number of hydrogen-bond donors (Lipinski definition) is 3. The summed E-state index contributed by atoms with van der Waals surface area (Å²) in [5.74, 6) is 3.38. The van der Waals surface area contributed by atoms with Gasteiger partial charge in [0.25, 0.3) is 11.1 Å². The molecule has 27 nitrogen and oxygen atoms in total. The first-order valence-electron chi connectivity index (χ1n) is 32.6. The number of aromatic amines is 3. The van der Waals surface area contributed by atoms with E-state index < -0.39 is 26.1 Å². The van der Waals surface area contributed by atoms with Crippen LogP contribution < -0.4 is 30.1 Å². The summed E-state index contributed by atoms with van der Waals surface area (Å²) < 4.78 is 82.1. The molecule has 5 aliphatic rings. The molecule has 9 aromatic rings. The Morgan fingerprint density at radius 1 is 0.646 bits per heavy atom. The lowest BCUT2D eigenvalue weighted by Gasteiger charge is -2.46. The fraction of sp³-hybridized carbons (Fsp3) is 0.433. The largest absolute Gasteiger partial charge is 0.493 e. The molecule has 2 amide bonds. The number of aromatic nitrogens is 9. The predicted molar refractivity (Wildman–Crippen MR) is 360 cm³/mol. The summed E-state index contributed by atoms with van der Waals surface area (Å²) in [5.41, 5.74) is 6.81. The number of nitrogens with zero attached hydrogens (tertiary/aromatic N) is 12. The van der Waals surface area contributed by atoms with Gasteiger partial charge in [-0.3, -0.25) is 23.9 Å². The number of imidazole rings is 1. The molecule has 0 unspecified atom stereocenters. The van der Waals surface area contributed by atoms with Crippen LogP contribution in [0.2, 0.25) is 0 Å². The number of para-hydroxylation sites is 1. The zero-order valence-corrected chi connectivity index (χ0v) is 57.1. The van der Waals surface area contributed by atoms with Gasteiger partial charge in [0, 0.05) is 95.9 Å². The van der Waals surface area contributed by atoms with E-state index in [0.29, 0.717) is 147 Å². The highest BCUT2D eigenvalue weighted by Crippen LogP contribution is 2.45. The van der Waals surface area contributed by atoms with Gasteiger partial charge < -0.3 is 53.5 Å². The van der Waals surface area contributed by atoms with E-state index in [1.807, 2.05) is 71.1 Å². The van der Waals surface area contributed by atoms with Crippen molar-refractivity contribution in [1.82, 2.24) is 72.5 Å². The Labute approximate surface area is 556 Å². The maximum Gasteiger partial charge on any atom is 0.277 e. The van der Waals surface area contributed by atoms with Crippen molar-refractivity contribution in [3.8, 4) is 45.8 Å². The van der Waals surface area contributed by atoms with Crippen LogP contribution in [-0.4, -0.2) is 207 Å². The lowest BCUT2D eigenvalue weighted by atomic mass is 9.86. The number of amides is 2. The van der Waals surface area contributed by atoms with Crippen molar-refractivity contribution in [1.29, 1.82) is 0 Å². The molecule has 0 saturated carbocycles. The van der Waals surface area contributed by atoms with E-state index in [2.05, 4.69) is 52.9 Å². The smallest absolute Gasteiger partial charge is 0.277 e. The molecule has 5 aliphatic heterocycles. The molecule has 4 aromatic carbocycles. The van der Waals surface area contributed by atoms with Crippen LogP contribution in [0.4, 0.5) is 0 Å². The van der Waals surface area contributed by atoms with Gasteiger partial charge in [0.1, 0.15) is 34.7 Å². The summed E-state index contributed by atoms with van der Waals surface area (Å²) in [4.78, 5) is 78.2. The van der Waals surface area contributed by atoms with E-state index in [-0.39, 0.29) is 63.8 Å². The van der Waals surface area contributed by atoms with Crippen molar-refractivity contribution >= 4 is 59.3 Å². The van der Waals surface area contributed by atoms with Crippen LogP contribution >= 0.6 is 0 Å².